The molecule has 30 heavy (non-hydrogen) atoms. The van der Waals surface area contributed by atoms with Crippen LogP contribution in [0.4, 0.5) is 10.1 Å². The van der Waals surface area contributed by atoms with E-state index in [1.165, 1.54) is 28.9 Å². The minimum absolute atomic E-state index is 0.0499. The summed E-state index contributed by atoms with van der Waals surface area (Å²) in [6.07, 6.45) is 6.17. The summed E-state index contributed by atoms with van der Waals surface area (Å²) in [5.74, 6) is 0.120. The van der Waals surface area contributed by atoms with Gasteiger partial charge in [0.1, 0.15) is 5.82 Å². The number of benzene rings is 1. The number of nitrogens with one attached hydrogen (secondary N) is 1. The molecule has 1 aromatic rings. The summed E-state index contributed by atoms with van der Waals surface area (Å²) < 4.78 is 19.2. The second kappa shape index (κ2) is 7.27. The van der Waals surface area contributed by atoms with E-state index in [0.29, 0.717) is 13.1 Å². The molecule has 1 aromatic carbocycles. The van der Waals surface area contributed by atoms with Gasteiger partial charge in [0, 0.05) is 30.8 Å². The number of hydrogen-bond acceptors (Lipinski definition) is 4. The molecule has 2 aliphatic heterocycles. The Labute approximate surface area is 176 Å². The lowest BCUT2D eigenvalue weighted by Crippen LogP contribution is -2.50. The summed E-state index contributed by atoms with van der Waals surface area (Å²) >= 11 is 0. The molecule has 1 N–H and O–H groups in total. The van der Waals surface area contributed by atoms with E-state index in [1.807, 2.05) is 30.0 Å². The van der Waals surface area contributed by atoms with E-state index >= 15 is 0 Å². The lowest BCUT2D eigenvalue weighted by atomic mass is 9.80. The minimum Gasteiger partial charge on any atom is -0.372 e. The molecule has 6 heteroatoms. The van der Waals surface area contributed by atoms with Gasteiger partial charge in [-0.2, -0.15) is 0 Å². The van der Waals surface area contributed by atoms with Gasteiger partial charge < -0.3 is 15.1 Å². The molecule has 0 saturated carbocycles. The van der Waals surface area contributed by atoms with E-state index in [4.69, 9.17) is 4.74 Å². The summed E-state index contributed by atoms with van der Waals surface area (Å²) in [5.41, 5.74) is 9.03. The Morgan fingerprint density at radius 1 is 1.13 bits per heavy atom. The number of carbonyl (C=O) groups is 1. The van der Waals surface area contributed by atoms with Crippen LogP contribution in [-0.4, -0.2) is 36.1 Å². The van der Waals surface area contributed by atoms with Crippen molar-refractivity contribution < 1.29 is 13.9 Å². The quantitative estimate of drug-likeness (QED) is 0.805. The number of allylic oxidation sites excluding steroid dienone is 3. The SMILES string of the molecule is CC1CN(C(=O)[C@H]2CCC3=C2[C@@H](C)C2=CNN(c4ccc(F)cc4)C2=C3)C[C@@H](C)O1. The van der Waals surface area contributed by atoms with Crippen molar-refractivity contribution in [3.8, 4) is 0 Å². The second-order valence-electron chi connectivity index (χ2n) is 8.86. The molecule has 0 radical (unpaired) electrons. The molecule has 2 heterocycles. The van der Waals surface area contributed by atoms with Gasteiger partial charge in [0.2, 0.25) is 5.91 Å². The maximum absolute atomic E-state index is 13.4. The van der Waals surface area contributed by atoms with Crippen LogP contribution in [0.15, 0.2) is 59.0 Å². The minimum atomic E-state index is -0.244. The Morgan fingerprint density at radius 2 is 1.83 bits per heavy atom. The topological polar surface area (TPSA) is 44.8 Å². The van der Waals surface area contributed by atoms with Gasteiger partial charge in [-0.3, -0.25) is 9.80 Å². The zero-order valence-electron chi connectivity index (χ0n) is 17.7. The number of carbonyl (C=O) groups excluding carboxylic acids is 1. The zero-order valence-corrected chi connectivity index (χ0v) is 17.7. The van der Waals surface area contributed by atoms with Crippen molar-refractivity contribution in [1.82, 2.24) is 10.3 Å². The highest BCUT2D eigenvalue weighted by Gasteiger charge is 2.42. The van der Waals surface area contributed by atoms with Crippen LogP contribution in [0.2, 0.25) is 0 Å². The molecule has 0 spiro atoms. The molecule has 0 aromatic heterocycles. The number of ether oxygens (including phenoxy) is 1. The molecule has 2 aliphatic carbocycles. The van der Waals surface area contributed by atoms with Crippen LogP contribution in [0.3, 0.4) is 0 Å². The number of morpholine rings is 1. The Morgan fingerprint density at radius 3 is 2.53 bits per heavy atom. The fourth-order valence-corrected chi connectivity index (χ4v) is 5.43. The van der Waals surface area contributed by atoms with Gasteiger partial charge in [-0.1, -0.05) is 6.92 Å². The number of nitrogens with zero attached hydrogens (tertiary/aromatic N) is 2. The number of hydrazine groups is 1. The smallest absolute Gasteiger partial charge is 0.230 e. The van der Waals surface area contributed by atoms with E-state index < -0.39 is 0 Å². The van der Waals surface area contributed by atoms with Crippen LogP contribution in [-0.2, 0) is 9.53 Å². The molecule has 1 fully saturated rings. The van der Waals surface area contributed by atoms with E-state index in [9.17, 15) is 9.18 Å². The van der Waals surface area contributed by atoms with Gasteiger partial charge in [-0.05, 0) is 68.2 Å². The van der Waals surface area contributed by atoms with Crippen LogP contribution in [0.1, 0.15) is 33.6 Å². The summed E-state index contributed by atoms with van der Waals surface area (Å²) in [4.78, 5) is 15.4. The van der Waals surface area contributed by atoms with Crippen molar-refractivity contribution in [2.24, 2.45) is 11.8 Å². The van der Waals surface area contributed by atoms with Crippen molar-refractivity contribution in [2.75, 3.05) is 18.1 Å². The maximum Gasteiger partial charge on any atom is 0.230 e. The zero-order chi connectivity index (χ0) is 21.0. The standard InChI is InChI=1S/C24H28FN3O2/c1-14-12-27(13-15(2)30-14)24(29)20-9-4-17-10-22-21(16(3)23(17)20)11-26-28(22)19-7-5-18(25)6-8-19/h5-8,10-11,14-16,20,26H,4,9,12-13H2,1-3H3/t14-,15?,16+,20+/m1/s1. The Balaban J connectivity index is 1.43. The monoisotopic (exact) mass is 409 g/mol. The molecule has 5 nitrogen and oxygen atoms in total. The van der Waals surface area contributed by atoms with Crippen LogP contribution >= 0.6 is 0 Å². The molecule has 4 aliphatic rings. The Hall–Kier alpha value is -2.60. The first-order chi connectivity index (χ1) is 14.4. The van der Waals surface area contributed by atoms with Gasteiger partial charge in [0.05, 0.1) is 29.5 Å². The Bertz CT molecular complexity index is 955. The van der Waals surface area contributed by atoms with Gasteiger partial charge in [0.15, 0.2) is 0 Å². The third kappa shape index (κ3) is 3.14. The first-order valence-corrected chi connectivity index (χ1v) is 10.8. The normalized spacial score (nSPS) is 30.5. The highest BCUT2D eigenvalue weighted by molar-refractivity contribution is 5.84. The number of fused-ring (bicyclic) bond motifs is 1. The average molecular weight is 410 g/mol. The lowest BCUT2D eigenvalue weighted by molar-refractivity contribution is -0.146. The molecular weight excluding hydrogens is 381 g/mol. The summed E-state index contributed by atoms with van der Waals surface area (Å²) in [7, 11) is 0. The van der Waals surface area contributed by atoms with Crippen LogP contribution in [0.5, 0.6) is 0 Å². The predicted molar refractivity (Wildman–Crippen MR) is 114 cm³/mol. The van der Waals surface area contributed by atoms with Crippen molar-refractivity contribution in [3.05, 3.63) is 64.8 Å². The van der Waals surface area contributed by atoms with E-state index in [1.54, 1.807) is 12.1 Å². The number of rotatable bonds is 2. The summed E-state index contributed by atoms with van der Waals surface area (Å²) in [6.45, 7) is 7.60. The maximum atomic E-state index is 13.4. The number of anilines is 1. The van der Waals surface area contributed by atoms with Gasteiger partial charge >= 0.3 is 0 Å². The number of hydrogen-bond donors (Lipinski definition) is 1. The second-order valence-corrected chi connectivity index (χ2v) is 8.86. The first kappa shape index (κ1) is 19.4. The lowest BCUT2D eigenvalue weighted by Gasteiger charge is -2.38. The van der Waals surface area contributed by atoms with Crippen LogP contribution in [0, 0.1) is 17.7 Å². The van der Waals surface area contributed by atoms with E-state index in [-0.39, 0.29) is 35.8 Å². The van der Waals surface area contributed by atoms with E-state index in [2.05, 4.69) is 18.4 Å². The van der Waals surface area contributed by atoms with Gasteiger partial charge in [0.25, 0.3) is 0 Å². The third-order valence-electron chi connectivity index (χ3n) is 6.69. The molecule has 1 saturated heterocycles. The van der Waals surface area contributed by atoms with Crippen molar-refractivity contribution in [3.63, 3.8) is 0 Å². The molecule has 0 bridgehead atoms. The molecule has 1 unspecified atom stereocenters. The highest BCUT2D eigenvalue weighted by atomic mass is 19.1. The Kier molecular flexibility index (Phi) is 4.69. The summed E-state index contributed by atoms with van der Waals surface area (Å²) in [5, 5.41) is 2.00. The van der Waals surface area contributed by atoms with E-state index in [0.717, 1.165) is 24.2 Å². The van der Waals surface area contributed by atoms with Crippen molar-refractivity contribution in [1.29, 1.82) is 0 Å². The molecule has 1 amide bonds. The molecular formula is C24H28FN3O2. The predicted octanol–water partition coefficient (Wildman–Crippen LogP) is 3.91. The fraction of sp³-hybridized carbons (Fsp3) is 0.458. The molecule has 158 valence electrons. The number of halogens is 1. The number of amides is 1. The highest BCUT2D eigenvalue weighted by Crippen LogP contribution is 2.48. The summed E-state index contributed by atoms with van der Waals surface area (Å²) in [6, 6.07) is 6.49. The average Bonchev–Trinajstić information content (AvgIpc) is 3.32. The van der Waals surface area contributed by atoms with Gasteiger partial charge in [-0.15, -0.1) is 0 Å². The molecule has 5 rings (SSSR count). The van der Waals surface area contributed by atoms with Crippen LogP contribution < -0.4 is 10.4 Å². The van der Waals surface area contributed by atoms with Crippen molar-refractivity contribution >= 4 is 11.6 Å². The molecule has 4 atom stereocenters. The van der Waals surface area contributed by atoms with Crippen LogP contribution in [0.25, 0.3) is 0 Å². The van der Waals surface area contributed by atoms with Gasteiger partial charge in [-0.25, -0.2) is 4.39 Å². The fourth-order valence-electron chi connectivity index (χ4n) is 5.43. The first-order valence-electron chi connectivity index (χ1n) is 10.8. The largest absolute Gasteiger partial charge is 0.372 e. The third-order valence-corrected chi connectivity index (χ3v) is 6.69. The van der Waals surface area contributed by atoms with Crippen molar-refractivity contribution in [2.45, 2.75) is 45.8 Å².